The summed E-state index contributed by atoms with van der Waals surface area (Å²) in [5.41, 5.74) is 6.97. The van der Waals surface area contributed by atoms with Crippen LogP contribution in [0, 0.1) is 0 Å². The number of nitrogens with zero attached hydrogens (tertiary/aromatic N) is 2. The number of aromatic nitrogens is 2. The number of anilines is 3. The van der Waals surface area contributed by atoms with Gasteiger partial charge in [0, 0.05) is 5.02 Å². The van der Waals surface area contributed by atoms with Gasteiger partial charge in [-0.25, -0.2) is 4.98 Å². The summed E-state index contributed by atoms with van der Waals surface area (Å²) in [6, 6.07) is 5.11. The molecule has 20 heavy (non-hydrogen) atoms. The molecule has 7 heteroatoms. The Balaban J connectivity index is 2.24. The van der Waals surface area contributed by atoms with Crippen LogP contribution >= 0.6 is 23.2 Å². The van der Waals surface area contributed by atoms with E-state index in [-0.39, 0.29) is 0 Å². The maximum absolute atomic E-state index is 6.09. The van der Waals surface area contributed by atoms with Crippen LogP contribution < -0.4 is 15.8 Å². The lowest BCUT2D eigenvalue weighted by Gasteiger charge is -2.12. The Kier molecular flexibility index (Phi) is 4.87. The van der Waals surface area contributed by atoms with Crippen molar-refractivity contribution in [2.24, 2.45) is 0 Å². The Hall–Kier alpha value is -1.72. The molecule has 0 fully saturated rings. The largest absolute Gasteiger partial charge is 0.476 e. The highest BCUT2D eigenvalue weighted by Gasteiger charge is 2.11. The van der Waals surface area contributed by atoms with Gasteiger partial charge in [0.05, 0.1) is 17.3 Å². The van der Waals surface area contributed by atoms with Crippen LogP contribution in [0.4, 0.5) is 17.2 Å². The van der Waals surface area contributed by atoms with Crippen LogP contribution in [0.2, 0.25) is 10.0 Å². The van der Waals surface area contributed by atoms with Gasteiger partial charge in [-0.1, -0.05) is 30.1 Å². The number of nitrogens with two attached hydrogens (primary N) is 1. The van der Waals surface area contributed by atoms with Gasteiger partial charge in [0.15, 0.2) is 5.82 Å². The molecule has 0 bridgehead atoms. The Morgan fingerprint density at radius 1 is 1.30 bits per heavy atom. The highest BCUT2D eigenvalue weighted by molar-refractivity contribution is 6.36. The number of ether oxygens (including phenoxy) is 1. The normalized spacial score (nSPS) is 10.3. The second-order valence-electron chi connectivity index (χ2n) is 4.04. The van der Waals surface area contributed by atoms with Gasteiger partial charge >= 0.3 is 0 Å². The molecule has 106 valence electrons. The summed E-state index contributed by atoms with van der Waals surface area (Å²) in [6.45, 7) is 2.55. The van der Waals surface area contributed by atoms with Crippen LogP contribution in [0.5, 0.6) is 5.88 Å². The Morgan fingerprint density at radius 2 is 2.10 bits per heavy atom. The van der Waals surface area contributed by atoms with E-state index >= 15 is 0 Å². The molecule has 5 nitrogen and oxygen atoms in total. The molecule has 0 saturated heterocycles. The van der Waals surface area contributed by atoms with Gasteiger partial charge in [0.25, 0.3) is 0 Å². The molecular formula is C13H14Cl2N4O. The molecule has 0 amide bonds. The van der Waals surface area contributed by atoms with Crippen molar-refractivity contribution in [2.75, 3.05) is 17.7 Å². The summed E-state index contributed by atoms with van der Waals surface area (Å²) in [7, 11) is 0. The van der Waals surface area contributed by atoms with Gasteiger partial charge in [-0.3, -0.25) is 0 Å². The minimum Gasteiger partial charge on any atom is -0.476 e. The quantitative estimate of drug-likeness (QED) is 0.876. The van der Waals surface area contributed by atoms with Gasteiger partial charge in [0.2, 0.25) is 5.88 Å². The van der Waals surface area contributed by atoms with Crippen LogP contribution in [-0.4, -0.2) is 16.6 Å². The molecule has 0 aliphatic rings. The smallest absolute Gasteiger partial charge is 0.242 e. The van der Waals surface area contributed by atoms with Crippen LogP contribution in [0.1, 0.15) is 13.3 Å². The van der Waals surface area contributed by atoms with Crippen LogP contribution in [0.3, 0.4) is 0 Å². The first-order chi connectivity index (χ1) is 9.61. The number of rotatable bonds is 5. The van der Waals surface area contributed by atoms with Crippen molar-refractivity contribution in [2.45, 2.75) is 13.3 Å². The van der Waals surface area contributed by atoms with Crippen molar-refractivity contribution in [3.63, 3.8) is 0 Å². The average molecular weight is 313 g/mol. The minimum atomic E-state index is 0.340. The van der Waals surface area contributed by atoms with Crippen molar-refractivity contribution in [1.29, 1.82) is 0 Å². The zero-order chi connectivity index (χ0) is 14.5. The first-order valence-electron chi connectivity index (χ1n) is 6.07. The highest BCUT2D eigenvalue weighted by atomic mass is 35.5. The lowest BCUT2D eigenvalue weighted by atomic mass is 10.3. The fraction of sp³-hybridized carbons (Fsp3) is 0.231. The number of hydrogen-bond donors (Lipinski definition) is 2. The second-order valence-corrected chi connectivity index (χ2v) is 4.88. The number of nitrogen functional groups attached to an aromatic ring is 1. The van der Waals surface area contributed by atoms with Crippen molar-refractivity contribution >= 4 is 40.4 Å². The third-order valence-electron chi connectivity index (χ3n) is 2.47. The van der Waals surface area contributed by atoms with E-state index in [0.29, 0.717) is 39.7 Å². The van der Waals surface area contributed by atoms with E-state index in [9.17, 15) is 0 Å². The maximum Gasteiger partial charge on any atom is 0.242 e. The minimum absolute atomic E-state index is 0.340. The molecule has 0 atom stereocenters. The van der Waals surface area contributed by atoms with Crippen molar-refractivity contribution in [3.8, 4) is 5.88 Å². The van der Waals surface area contributed by atoms with E-state index in [0.717, 1.165) is 6.42 Å². The second kappa shape index (κ2) is 6.63. The molecule has 0 aliphatic heterocycles. The summed E-state index contributed by atoms with van der Waals surface area (Å²) >= 11 is 11.9. The van der Waals surface area contributed by atoms with Crippen molar-refractivity contribution < 1.29 is 4.74 Å². The van der Waals surface area contributed by atoms with Crippen LogP contribution in [0.25, 0.3) is 0 Å². The van der Waals surface area contributed by atoms with Gasteiger partial charge in [-0.15, -0.1) is 0 Å². The molecule has 0 unspecified atom stereocenters. The average Bonchev–Trinajstić information content (AvgIpc) is 2.42. The van der Waals surface area contributed by atoms with Gasteiger partial charge in [0.1, 0.15) is 12.0 Å². The summed E-state index contributed by atoms with van der Waals surface area (Å²) in [5.74, 6) is 0.796. The maximum atomic E-state index is 6.09. The molecule has 3 N–H and O–H groups in total. The lowest BCUT2D eigenvalue weighted by molar-refractivity contribution is 0.307. The molecule has 1 aromatic carbocycles. The Bertz CT molecular complexity index is 607. The van der Waals surface area contributed by atoms with Crippen LogP contribution in [0.15, 0.2) is 24.5 Å². The Morgan fingerprint density at radius 3 is 2.80 bits per heavy atom. The number of benzene rings is 1. The Labute approximate surface area is 127 Å². The van der Waals surface area contributed by atoms with E-state index in [2.05, 4.69) is 15.3 Å². The summed E-state index contributed by atoms with van der Waals surface area (Å²) < 4.78 is 5.44. The SMILES string of the molecule is CCCOc1ncnc(Nc2ccc(Cl)cc2Cl)c1N. The molecule has 0 saturated carbocycles. The first-order valence-corrected chi connectivity index (χ1v) is 6.82. The van der Waals surface area contributed by atoms with E-state index < -0.39 is 0 Å². The fourth-order valence-corrected chi connectivity index (χ4v) is 1.97. The molecule has 0 spiro atoms. The molecule has 2 aromatic rings. The van der Waals surface area contributed by atoms with E-state index in [4.69, 9.17) is 33.7 Å². The molecule has 0 radical (unpaired) electrons. The van der Waals surface area contributed by atoms with E-state index in [1.807, 2.05) is 6.92 Å². The molecule has 0 aliphatic carbocycles. The third-order valence-corrected chi connectivity index (χ3v) is 3.02. The van der Waals surface area contributed by atoms with Crippen molar-refractivity contribution in [1.82, 2.24) is 9.97 Å². The topological polar surface area (TPSA) is 73.1 Å². The predicted octanol–water partition coefficient (Wildman–Crippen LogP) is 3.90. The zero-order valence-corrected chi connectivity index (χ0v) is 12.4. The van der Waals surface area contributed by atoms with Gasteiger partial charge < -0.3 is 15.8 Å². The summed E-state index contributed by atoms with van der Waals surface area (Å²) in [4.78, 5) is 8.09. The monoisotopic (exact) mass is 312 g/mol. The standard InChI is InChI=1S/C13H14Cl2N4O/c1-2-5-20-13-11(16)12(17-7-18-13)19-10-4-3-8(14)6-9(10)15/h3-4,6-7H,2,5,16H2,1H3,(H,17,18,19). The summed E-state index contributed by atoms with van der Waals surface area (Å²) in [6.07, 6.45) is 2.25. The van der Waals surface area contributed by atoms with Crippen LogP contribution in [-0.2, 0) is 0 Å². The van der Waals surface area contributed by atoms with Crippen molar-refractivity contribution in [3.05, 3.63) is 34.6 Å². The number of halogens is 2. The zero-order valence-electron chi connectivity index (χ0n) is 10.9. The first kappa shape index (κ1) is 14.7. The molecule has 1 aromatic heterocycles. The fourth-order valence-electron chi connectivity index (χ4n) is 1.51. The van der Waals surface area contributed by atoms with E-state index in [1.165, 1.54) is 6.33 Å². The molecule has 2 rings (SSSR count). The third kappa shape index (κ3) is 3.43. The molecular weight excluding hydrogens is 299 g/mol. The molecule has 1 heterocycles. The number of hydrogen-bond acceptors (Lipinski definition) is 5. The highest BCUT2D eigenvalue weighted by Crippen LogP contribution is 2.31. The van der Waals surface area contributed by atoms with Gasteiger partial charge in [-0.05, 0) is 24.6 Å². The number of nitrogens with one attached hydrogen (secondary N) is 1. The van der Waals surface area contributed by atoms with Gasteiger partial charge in [-0.2, -0.15) is 4.98 Å². The lowest BCUT2D eigenvalue weighted by Crippen LogP contribution is -2.06. The summed E-state index contributed by atoms with van der Waals surface area (Å²) in [5, 5.41) is 4.07. The van der Waals surface area contributed by atoms with E-state index in [1.54, 1.807) is 18.2 Å². The predicted molar refractivity (Wildman–Crippen MR) is 82.0 cm³/mol.